The van der Waals surface area contributed by atoms with Gasteiger partial charge in [-0.2, -0.15) is 0 Å². The van der Waals surface area contributed by atoms with Crippen LogP contribution in [0.1, 0.15) is 34.6 Å². The lowest BCUT2D eigenvalue weighted by atomic mass is 10.2. The van der Waals surface area contributed by atoms with Crippen molar-refractivity contribution in [3.8, 4) is 0 Å². The second kappa shape index (κ2) is 7.92. The highest BCUT2D eigenvalue weighted by molar-refractivity contribution is 14.1. The molecule has 0 aromatic carbocycles. The number of hydrogen-bond acceptors (Lipinski definition) is 1. The Morgan fingerprint density at radius 1 is 1.21 bits per heavy atom. The zero-order chi connectivity index (χ0) is 11.1. The SMILES string of the molecule is CCO/C(I)=C(\C(C)C)P(CC)CC. The Morgan fingerprint density at radius 3 is 2.00 bits per heavy atom. The van der Waals surface area contributed by atoms with Gasteiger partial charge in [-0.05, 0) is 47.8 Å². The highest BCUT2D eigenvalue weighted by atomic mass is 127. The van der Waals surface area contributed by atoms with Crippen LogP contribution in [-0.4, -0.2) is 18.9 Å². The van der Waals surface area contributed by atoms with Gasteiger partial charge in [-0.15, -0.1) is 0 Å². The Morgan fingerprint density at radius 2 is 1.71 bits per heavy atom. The van der Waals surface area contributed by atoms with E-state index in [1.807, 2.05) is 0 Å². The Bertz CT molecular complexity index is 186. The minimum absolute atomic E-state index is 0.0371. The molecule has 0 heterocycles. The molecule has 0 spiro atoms. The first-order chi connectivity index (χ1) is 6.58. The quantitative estimate of drug-likeness (QED) is 0.386. The molecule has 0 saturated carbocycles. The second-order valence-corrected chi connectivity index (χ2v) is 7.23. The molecule has 0 rings (SSSR count). The van der Waals surface area contributed by atoms with Crippen LogP contribution < -0.4 is 0 Å². The third-order valence-electron chi connectivity index (χ3n) is 2.12. The number of allylic oxidation sites excluding steroid dienone is 1. The van der Waals surface area contributed by atoms with E-state index in [1.165, 1.54) is 12.3 Å². The van der Waals surface area contributed by atoms with Crippen molar-refractivity contribution < 1.29 is 4.74 Å². The van der Waals surface area contributed by atoms with Crippen molar-refractivity contribution in [3.05, 3.63) is 9.08 Å². The lowest BCUT2D eigenvalue weighted by Gasteiger charge is -2.23. The molecule has 0 unspecified atom stereocenters. The van der Waals surface area contributed by atoms with E-state index in [4.69, 9.17) is 4.74 Å². The zero-order valence-electron chi connectivity index (χ0n) is 9.93. The van der Waals surface area contributed by atoms with Gasteiger partial charge in [0, 0.05) is 5.31 Å². The van der Waals surface area contributed by atoms with E-state index >= 15 is 0 Å². The fourth-order valence-electron chi connectivity index (χ4n) is 1.48. The van der Waals surface area contributed by atoms with E-state index in [1.54, 1.807) is 5.31 Å². The van der Waals surface area contributed by atoms with Crippen LogP contribution in [0.4, 0.5) is 0 Å². The maximum Gasteiger partial charge on any atom is 0.160 e. The van der Waals surface area contributed by atoms with Gasteiger partial charge in [-0.3, -0.25) is 0 Å². The van der Waals surface area contributed by atoms with Gasteiger partial charge < -0.3 is 4.74 Å². The van der Waals surface area contributed by atoms with Crippen LogP contribution in [0.5, 0.6) is 0 Å². The first-order valence-electron chi connectivity index (χ1n) is 5.35. The molecule has 0 aromatic rings. The van der Waals surface area contributed by atoms with Crippen molar-refractivity contribution in [2.75, 3.05) is 18.9 Å². The summed E-state index contributed by atoms with van der Waals surface area (Å²) < 4.78 is 6.78. The third kappa shape index (κ3) is 4.48. The second-order valence-electron chi connectivity index (χ2n) is 3.42. The molecule has 0 N–H and O–H groups in total. The molecule has 0 aliphatic rings. The fourth-order valence-corrected chi connectivity index (χ4v) is 5.61. The molecule has 0 atom stereocenters. The summed E-state index contributed by atoms with van der Waals surface area (Å²) in [6, 6.07) is 0. The molecular weight excluding hydrogens is 306 g/mol. The molecule has 0 aromatic heterocycles. The molecule has 0 saturated heterocycles. The van der Waals surface area contributed by atoms with Gasteiger partial charge in [0.15, 0.2) is 3.77 Å². The van der Waals surface area contributed by atoms with E-state index in [-0.39, 0.29) is 7.92 Å². The average molecular weight is 328 g/mol. The van der Waals surface area contributed by atoms with Gasteiger partial charge in [-0.1, -0.05) is 35.6 Å². The van der Waals surface area contributed by atoms with Crippen molar-refractivity contribution >= 4 is 30.5 Å². The van der Waals surface area contributed by atoms with Gasteiger partial charge in [0.1, 0.15) is 0 Å². The molecular formula is C11H22IOP. The summed E-state index contributed by atoms with van der Waals surface area (Å²) in [4.78, 5) is 0. The van der Waals surface area contributed by atoms with Crippen LogP contribution in [0, 0.1) is 5.92 Å². The minimum Gasteiger partial charge on any atom is -0.488 e. The molecule has 0 fully saturated rings. The van der Waals surface area contributed by atoms with E-state index in [0.717, 1.165) is 10.4 Å². The molecule has 1 nitrogen and oxygen atoms in total. The van der Waals surface area contributed by atoms with Crippen LogP contribution in [0.15, 0.2) is 9.08 Å². The van der Waals surface area contributed by atoms with Gasteiger partial charge in [0.2, 0.25) is 0 Å². The third-order valence-corrected chi connectivity index (χ3v) is 6.37. The lowest BCUT2D eigenvalue weighted by Crippen LogP contribution is -2.01. The topological polar surface area (TPSA) is 9.23 Å². The molecule has 0 radical (unpaired) electrons. The Balaban J connectivity index is 4.80. The van der Waals surface area contributed by atoms with Gasteiger partial charge >= 0.3 is 0 Å². The summed E-state index contributed by atoms with van der Waals surface area (Å²) >= 11 is 2.35. The van der Waals surface area contributed by atoms with Gasteiger partial charge in [0.25, 0.3) is 0 Å². The normalized spacial score (nSPS) is 13.4. The molecule has 0 aliphatic heterocycles. The van der Waals surface area contributed by atoms with Crippen molar-refractivity contribution in [3.63, 3.8) is 0 Å². The molecule has 0 aliphatic carbocycles. The largest absolute Gasteiger partial charge is 0.488 e. The van der Waals surface area contributed by atoms with Gasteiger partial charge in [0.05, 0.1) is 6.61 Å². The first-order valence-corrected chi connectivity index (χ1v) is 8.14. The monoisotopic (exact) mass is 328 g/mol. The van der Waals surface area contributed by atoms with Crippen LogP contribution in [0.25, 0.3) is 0 Å². The smallest absolute Gasteiger partial charge is 0.160 e. The average Bonchev–Trinajstić information content (AvgIpc) is 2.13. The predicted octanol–water partition coefficient (Wildman–Crippen LogP) is 4.80. The highest BCUT2D eigenvalue weighted by Gasteiger charge is 2.17. The molecule has 14 heavy (non-hydrogen) atoms. The van der Waals surface area contributed by atoms with Crippen molar-refractivity contribution in [2.45, 2.75) is 34.6 Å². The van der Waals surface area contributed by atoms with Gasteiger partial charge in [-0.25, -0.2) is 0 Å². The standard InChI is InChI=1S/C11H22IOP/c1-6-13-11(12)10(9(4)5)14(7-2)8-3/h9H,6-8H2,1-5H3/b11-10+. The summed E-state index contributed by atoms with van der Waals surface area (Å²) in [5, 5.41) is 1.56. The number of halogens is 1. The number of rotatable bonds is 6. The minimum atomic E-state index is 0.0371. The zero-order valence-corrected chi connectivity index (χ0v) is 13.0. The van der Waals surface area contributed by atoms with E-state index in [2.05, 4.69) is 57.2 Å². The van der Waals surface area contributed by atoms with Crippen molar-refractivity contribution in [1.82, 2.24) is 0 Å². The molecule has 0 bridgehead atoms. The first kappa shape index (κ1) is 14.7. The molecule has 3 heteroatoms. The summed E-state index contributed by atoms with van der Waals surface area (Å²) in [6.07, 6.45) is 2.55. The van der Waals surface area contributed by atoms with Crippen LogP contribution in [-0.2, 0) is 4.74 Å². The molecule has 0 amide bonds. The van der Waals surface area contributed by atoms with Crippen LogP contribution in [0.2, 0.25) is 0 Å². The fraction of sp³-hybridized carbons (Fsp3) is 0.818. The Hall–Kier alpha value is 0.700. The van der Waals surface area contributed by atoms with Crippen LogP contribution >= 0.6 is 30.5 Å². The summed E-state index contributed by atoms with van der Waals surface area (Å²) in [5.41, 5.74) is 0. The highest BCUT2D eigenvalue weighted by Crippen LogP contribution is 2.50. The number of ether oxygens (including phenoxy) is 1. The maximum atomic E-state index is 5.63. The van der Waals surface area contributed by atoms with Crippen LogP contribution in [0.3, 0.4) is 0 Å². The van der Waals surface area contributed by atoms with Crippen molar-refractivity contribution in [1.29, 1.82) is 0 Å². The maximum absolute atomic E-state index is 5.63. The summed E-state index contributed by atoms with van der Waals surface area (Å²) in [6.45, 7) is 11.9. The Kier molecular flexibility index (Phi) is 8.32. The lowest BCUT2D eigenvalue weighted by molar-refractivity contribution is 0.260. The van der Waals surface area contributed by atoms with E-state index in [0.29, 0.717) is 5.92 Å². The summed E-state index contributed by atoms with van der Waals surface area (Å²) in [5.74, 6) is 0.625. The predicted molar refractivity (Wildman–Crippen MR) is 75.5 cm³/mol. The van der Waals surface area contributed by atoms with E-state index in [9.17, 15) is 0 Å². The summed E-state index contributed by atoms with van der Waals surface area (Å²) in [7, 11) is 0.0371. The van der Waals surface area contributed by atoms with Crippen molar-refractivity contribution in [2.24, 2.45) is 5.92 Å². The van der Waals surface area contributed by atoms with E-state index < -0.39 is 0 Å². The number of hydrogen-bond donors (Lipinski definition) is 0. The molecule has 84 valence electrons. The Labute approximate surface area is 104 Å².